The number of nitrogens with zero attached hydrogens (tertiary/aromatic N) is 1. The molecular formula is C17H14ClN3O. The number of H-pyrrole nitrogens is 1. The molecule has 0 unspecified atom stereocenters. The highest BCUT2D eigenvalue weighted by Crippen LogP contribution is 2.17. The van der Waals surface area contributed by atoms with Gasteiger partial charge in [-0.2, -0.15) is 5.10 Å². The molecule has 0 radical (unpaired) electrons. The summed E-state index contributed by atoms with van der Waals surface area (Å²) in [6.07, 6.45) is 1.69. The van der Waals surface area contributed by atoms with E-state index in [1.165, 1.54) is 0 Å². The third-order valence-electron chi connectivity index (χ3n) is 3.42. The van der Waals surface area contributed by atoms with Crippen molar-refractivity contribution in [2.24, 2.45) is 5.10 Å². The Hall–Kier alpha value is -2.59. The molecule has 0 saturated carbocycles. The summed E-state index contributed by atoms with van der Waals surface area (Å²) in [7, 11) is 0. The summed E-state index contributed by atoms with van der Waals surface area (Å²) in [5.74, 6) is -0.245. The number of amides is 1. The van der Waals surface area contributed by atoms with Crippen LogP contribution in [0.4, 0.5) is 0 Å². The Bertz CT molecular complexity index is 850. The molecule has 110 valence electrons. The molecule has 0 aliphatic rings. The van der Waals surface area contributed by atoms with Crippen LogP contribution in [0.3, 0.4) is 0 Å². The van der Waals surface area contributed by atoms with Crippen LogP contribution in [0.25, 0.3) is 10.9 Å². The van der Waals surface area contributed by atoms with E-state index in [0.717, 1.165) is 16.5 Å². The number of nitrogens with one attached hydrogen (secondary N) is 2. The summed E-state index contributed by atoms with van der Waals surface area (Å²) in [6, 6.07) is 14.9. The summed E-state index contributed by atoms with van der Waals surface area (Å²) in [4.78, 5) is 15.3. The molecule has 0 bridgehead atoms. The molecule has 1 amide bonds. The number of benzene rings is 2. The molecular weight excluding hydrogens is 298 g/mol. The molecule has 1 aromatic heterocycles. The van der Waals surface area contributed by atoms with E-state index in [2.05, 4.69) is 15.5 Å². The van der Waals surface area contributed by atoms with Gasteiger partial charge in [0.05, 0.1) is 11.3 Å². The zero-order valence-electron chi connectivity index (χ0n) is 11.9. The van der Waals surface area contributed by atoms with Crippen LogP contribution in [0.1, 0.15) is 22.8 Å². The predicted octanol–water partition coefficient (Wildman–Crippen LogP) is 3.98. The van der Waals surface area contributed by atoms with Crippen LogP contribution in [0, 0.1) is 0 Å². The van der Waals surface area contributed by atoms with E-state index < -0.39 is 0 Å². The van der Waals surface area contributed by atoms with Crippen molar-refractivity contribution in [3.05, 3.63) is 70.9 Å². The molecule has 0 saturated heterocycles. The van der Waals surface area contributed by atoms with Crippen molar-refractivity contribution in [1.82, 2.24) is 10.4 Å². The van der Waals surface area contributed by atoms with Crippen molar-refractivity contribution in [3.8, 4) is 0 Å². The first kappa shape index (κ1) is 14.4. The van der Waals surface area contributed by atoms with E-state index >= 15 is 0 Å². The van der Waals surface area contributed by atoms with Gasteiger partial charge in [-0.15, -0.1) is 0 Å². The van der Waals surface area contributed by atoms with Gasteiger partial charge in [-0.05, 0) is 30.7 Å². The lowest BCUT2D eigenvalue weighted by Crippen LogP contribution is -2.19. The van der Waals surface area contributed by atoms with Gasteiger partial charge in [0, 0.05) is 22.1 Å². The number of fused-ring (bicyclic) bond motifs is 1. The maximum atomic E-state index is 12.3. The van der Waals surface area contributed by atoms with Gasteiger partial charge < -0.3 is 4.98 Å². The fraction of sp³-hybridized carbons (Fsp3) is 0.0588. The van der Waals surface area contributed by atoms with E-state index in [1.807, 2.05) is 43.3 Å². The third kappa shape index (κ3) is 2.87. The number of carbonyl (C=O) groups excluding carboxylic acids is 1. The second kappa shape index (κ2) is 6.03. The van der Waals surface area contributed by atoms with Crippen molar-refractivity contribution in [3.63, 3.8) is 0 Å². The van der Waals surface area contributed by atoms with Crippen molar-refractivity contribution >= 4 is 34.1 Å². The van der Waals surface area contributed by atoms with Crippen molar-refractivity contribution in [2.75, 3.05) is 0 Å². The molecule has 4 nitrogen and oxygen atoms in total. The average Bonchev–Trinajstić information content (AvgIpc) is 2.97. The minimum atomic E-state index is -0.245. The Morgan fingerprint density at radius 2 is 1.86 bits per heavy atom. The number of rotatable bonds is 3. The molecule has 3 aromatic rings. The number of carbonyl (C=O) groups is 1. The Kier molecular flexibility index (Phi) is 3.94. The molecule has 0 fully saturated rings. The highest BCUT2D eigenvalue weighted by Gasteiger charge is 2.10. The second-order valence-corrected chi connectivity index (χ2v) is 5.33. The molecule has 22 heavy (non-hydrogen) atoms. The van der Waals surface area contributed by atoms with Gasteiger partial charge in [0.2, 0.25) is 0 Å². The summed E-state index contributed by atoms with van der Waals surface area (Å²) >= 11 is 5.85. The smallest absolute Gasteiger partial charge is 0.273 e. The van der Waals surface area contributed by atoms with Crippen LogP contribution in [0.5, 0.6) is 0 Å². The normalized spacial score (nSPS) is 11.6. The molecule has 0 spiro atoms. The van der Waals surface area contributed by atoms with Gasteiger partial charge in [-0.1, -0.05) is 41.9 Å². The molecule has 0 aliphatic heterocycles. The number of hydrazone groups is 1. The lowest BCUT2D eigenvalue weighted by atomic mass is 10.1. The highest BCUT2D eigenvalue weighted by molar-refractivity contribution is 6.30. The number of aromatic nitrogens is 1. The monoisotopic (exact) mass is 311 g/mol. The lowest BCUT2D eigenvalue weighted by Gasteiger charge is -2.02. The van der Waals surface area contributed by atoms with Crippen LogP contribution in [-0.2, 0) is 0 Å². The topological polar surface area (TPSA) is 57.2 Å². The van der Waals surface area contributed by atoms with Gasteiger partial charge in [-0.25, -0.2) is 5.43 Å². The Morgan fingerprint density at radius 3 is 2.64 bits per heavy atom. The van der Waals surface area contributed by atoms with Gasteiger partial charge >= 0.3 is 0 Å². The van der Waals surface area contributed by atoms with Crippen molar-refractivity contribution in [1.29, 1.82) is 0 Å². The molecule has 2 N–H and O–H groups in total. The molecule has 0 aliphatic carbocycles. The van der Waals surface area contributed by atoms with E-state index in [0.29, 0.717) is 16.3 Å². The fourth-order valence-electron chi connectivity index (χ4n) is 2.21. The number of hydrogen-bond acceptors (Lipinski definition) is 2. The maximum absolute atomic E-state index is 12.3. The van der Waals surface area contributed by atoms with E-state index in [9.17, 15) is 4.79 Å². The van der Waals surface area contributed by atoms with Crippen LogP contribution in [0.15, 0.2) is 59.8 Å². The van der Waals surface area contributed by atoms with Gasteiger partial charge in [-0.3, -0.25) is 4.79 Å². The van der Waals surface area contributed by atoms with E-state index in [1.54, 1.807) is 18.3 Å². The summed E-state index contributed by atoms with van der Waals surface area (Å²) in [5.41, 5.74) is 5.70. The maximum Gasteiger partial charge on any atom is 0.273 e. The molecule has 5 heteroatoms. The first-order chi connectivity index (χ1) is 10.6. The Morgan fingerprint density at radius 1 is 1.14 bits per heavy atom. The predicted molar refractivity (Wildman–Crippen MR) is 89.4 cm³/mol. The number of para-hydroxylation sites is 1. The SMILES string of the molecule is C/C(=N/NC(=O)c1c[nH]c2ccccc12)c1ccc(Cl)cc1. The summed E-state index contributed by atoms with van der Waals surface area (Å²) in [5, 5.41) is 5.69. The zero-order valence-corrected chi connectivity index (χ0v) is 12.7. The lowest BCUT2D eigenvalue weighted by molar-refractivity contribution is 0.0956. The summed E-state index contributed by atoms with van der Waals surface area (Å²) in [6.45, 7) is 1.83. The highest BCUT2D eigenvalue weighted by atomic mass is 35.5. The number of halogens is 1. The van der Waals surface area contributed by atoms with Gasteiger partial charge in [0.25, 0.3) is 5.91 Å². The average molecular weight is 312 g/mol. The molecule has 3 rings (SSSR count). The minimum absolute atomic E-state index is 0.245. The second-order valence-electron chi connectivity index (χ2n) is 4.89. The van der Waals surface area contributed by atoms with Crippen LogP contribution in [0.2, 0.25) is 5.02 Å². The first-order valence-corrected chi connectivity index (χ1v) is 7.19. The quantitative estimate of drug-likeness (QED) is 0.558. The van der Waals surface area contributed by atoms with E-state index in [4.69, 9.17) is 11.6 Å². The minimum Gasteiger partial charge on any atom is -0.360 e. The summed E-state index contributed by atoms with van der Waals surface area (Å²) < 4.78 is 0. The number of hydrogen-bond donors (Lipinski definition) is 2. The number of aromatic amines is 1. The third-order valence-corrected chi connectivity index (χ3v) is 3.67. The van der Waals surface area contributed by atoms with Crippen LogP contribution in [-0.4, -0.2) is 16.6 Å². The Labute approximate surface area is 132 Å². The van der Waals surface area contributed by atoms with Crippen molar-refractivity contribution in [2.45, 2.75) is 6.92 Å². The van der Waals surface area contributed by atoms with Gasteiger partial charge in [0.1, 0.15) is 0 Å². The molecule has 0 atom stereocenters. The molecule has 2 aromatic carbocycles. The van der Waals surface area contributed by atoms with Crippen LogP contribution >= 0.6 is 11.6 Å². The fourth-order valence-corrected chi connectivity index (χ4v) is 2.34. The van der Waals surface area contributed by atoms with Gasteiger partial charge in [0.15, 0.2) is 0 Å². The molecule has 1 heterocycles. The first-order valence-electron chi connectivity index (χ1n) is 6.82. The van der Waals surface area contributed by atoms with E-state index in [-0.39, 0.29) is 5.91 Å². The van der Waals surface area contributed by atoms with Crippen LogP contribution < -0.4 is 5.43 Å². The largest absolute Gasteiger partial charge is 0.360 e. The van der Waals surface area contributed by atoms with Crippen molar-refractivity contribution < 1.29 is 4.79 Å². The standard InChI is InChI=1S/C17H14ClN3O/c1-11(12-6-8-13(18)9-7-12)20-21-17(22)15-10-19-16-5-3-2-4-14(15)16/h2-10,19H,1H3,(H,21,22)/b20-11-. The zero-order chi connectivity index (χ0) is 15.5. The Balaban J connectivity index is 1.79.